The molecule has 23 heavy (non-hydrogen) atoms. The van der Waals surface area contributed by atoms with Gasteiger partial charge >= 0.3 is 0 Å². The SMILES string of the molecule is CCCCNc1cc(NCc2ccc(OC)c(OC)c2)ncn1. The highest BCUT2D eigenvalue weighted by Gasteiger charge is 2.05. The van der Waals surface area contributed by atoms with Gasteiger partial charge in [-0.25, -0.2) is 9.97 Å². The normalized spacial score (nSPS) is 10.2. The summed E-state index contributed by atoms with van der Waals surface area (Å²) in [5.74, 6) is 3.06. The lowest BCUT2D eigenvalue weighted by Gasteiger charge is -2.11. The van der Waals surface area contributed by atoms with E-state index < -0.39 is 0 Å². The van der Waals surface area contributed by atoms with Gasteiger partial charge in [-0.15, -0.1) is 0 Å². The number of hydrogen-bond donors (Lipinski definition) is 2. The first kappa shape index (κ1) is 16.9. The first-order valence-electron chi connectivity index (χ1n) is 7.77. The topological polar surface area (TPSA) is 68.3 Å². The van der Waals surface area contributed by atoms with Gasteiger partial charge in [-0.3, -0.25) is 0 Å². The maximum atomic E-state index is 5.31. The molecule has 0 saturated heterocycles. The summed E-state index contributed by atoms with van der Waals surface area (Å²) in [4.78, 5) is 8.46. The Balaban J connectivity index is 1.96. The van der Waals surface area contributed by atoms with Crippen LogP contribution in [0.1, 0.15) is 25.3 Å². The zero-order valence-corrected chi connectivity index (χ0v) is 13.9. The summed E-state index contributed by atoms with van der Waals surface area (Å²) in [6.07, 6.45) is 3.84. The average Bonchev–Trinajstić information content (AvgIpc) is 2.60. The number of ether oxygens (including phenoxy) is 2. The van der Waals surface area contributed by atoms with Crippen LogP contribution in [-0.2, 0) is 6.54 Å². The molecule has 0 bridgehead atoms. The largest absolute Gasteiger partial charge is 0.493 e. The minimum absolute atomic E-state index is 0.645. The van der Waals surface area contributed by atoms with Crippen LogP contribution in [0.25, 0.3) is 0 Å². The van der Waals surface area contributed by atoms with Crippen LogP contribution >= 0.6 is 0 Å². The van der Waals surface area contributed by atoms with E-state index >= 15 is 0 Å². The third kappa shape index (κ3) is 5.02. The van der Waals surface area contributed by atoms with Gasteiger partial charge in [0.2, 0.25) is 0 Å². The Morgan fingerprint density at radius 3 is 2.39 bits per heavy atom. The van der Waals surface area contributed by atoms with Crippen LogP contribution in [-0.4, -0.2) is 30.7 Å². The molecule has 0 amide bonds. The second-order valence-electron chi connectivity index (χ2n) is 5.11. The fourth-order valence-electron chi connectivity index (χ4n) is 2.13. The third-order valence-electron chi connectivity index (χ3n) is 3.43. The van der Waals surface area contributed by atoms with E-state index in [9.17, 15) is 0 Å². The molecule has 2 rings (SSSR count). The predicted octanol–water partition coefficient (Wildman–Crippen LogP) is 3.32. The van der Waals surface area contributed by atoms with Crippen LogP contribution in [0.4, 0.5) is 11.6 Å². The molecular weight excluding hydrogens is 292 g/mol. The molecule has 0 aliphatic rings. The second-order valence-corrected chi connectivity index (χ2v) is 5.11. The molecule has 6 nitrogen and oxygen atoms in total. The second kappa shape index (κ2) is 8.82. The zero-order valence-electron chi connectivity index (χ0n) is 13.9. The van der Waals surface area contributed by atoms with Crippen molar-refractivity contribution in [1.29, 1.82) is 0 Å². The van der Waals surface area contributed by atoms with E-state index in [2.05, 4.69) is 27.5 Å². The van der Waals surface area contributed by atoms with Crippen LogP contribution < -0.4 is 20.1 Å². The third-order valence-corrected chi connectivity index (χ3v) is 3.43. The van der Waals surface area contributed by atoms with E-state index in [1.54, 1.807) is 20.5 Å². The fourth-order valence-corrected chi connectivity index (χ4v) is 2.13. The summed E-state index contributed by atoms with van der Waals surface area (Å²) < 4.78 is 10.6. The monoisotopic (exact) mass is 316 g/mol. The molecule has 0 spiro atoms. The van der Waals surface area contributed by atoms with Crippen molar-refractivity contribution in [1.82, 2.24) is 9.97 Å². The predicted molar refractivity (Wildman–Crippen MR) is 92.3 cm³/mol. The van der Waals surface area contributed by atoms with Crippen molar-refractivity contribution in [3.63, 3.8) is 0 Å². The summed E-state index contributed by atoms with van der Waals surface area (Å²) in [6, 6.07) is 7.76. The van der Waals surface area contributed by atoms with Crippen molar-refractivity contribution in [3.05, 3.63) is 36.2 Å². The Morgan fingerprint density at radius 2 is 1.70 bits per heavy atom. The van der Waals surface area contributed by atoms with E-state index in [-0.39, 0.29) is 0 Å². The molecule has 0 saturated carbocycles. The van der Waals surface area contributed by atoms with E-state index in [0.29, 0.717) is 6.54 Å². The Labute approximate surface area is 137 Å². The fraction of sp³-hybridized carbons (Fsp3) is 0.412. The molecule has 124 valence electrons. The van der Waals surface area contributed by atoms with Crippen LogP contribution in [0.15, 0.2) is 30.6 Å². The van der Waals surface area contributed by atoms with Crippen LogP contribution in [0, 0.1) is 0 Å². The molecule has 0 unspecified atom stereocenters. The number of rotatable bonds is 9. The number of anilines is 2. The first-order chi connectivity index (χ1) is 11.3. The van der Waals surface area contributed by atoms with Gasteiger partial charge in [0, 0.05) is 19.2 Å². The lowest BCUT2D eigenvalue weighted by atomic mass is 10.2. The van der Waals surface area contributed by atoms with Crippen molar-refractivity contribution in [2.75, 3.05) is 31.4 Å². The molecule has 0 aliphatic heterocycles. The summed E-state index contributed by atoms with van der Waals surface area (Å²) in [5, 5.41) is 6.58. The molecule has 2 aromatic rings. The number of aromatic nitrogens is 2. The van der Waals surface area contributed by atoms with Gasteiger partial charge < -0.3 is 20.1 Å². The van der Waals surface area contributed by atoms with Gasteiger partial charge in [0.15, 0.2) is 11.5 Å². The maximum absolute atomic E-state index is 5.31. The minimum atomic E-state index is 0.645. The Morgan fingerprint density at radius 1 is 0.957 bits per heavy atom. The lowest BCUT2D eigenvalue weighted by molar-refractivity contribution is 0.354. The number of hydrogen-bond acceptors (Lipinski definition) is 6. The molecular formula is C17H24N4O2. The molecule has 1 aromatic carbocycles. The molecule has 0 aliphatic carbocycles. The summed E-state index contributed by atoms with van der Waals surface area (Å²) >= 11 is 0. The summed E-state index contributed by atoms with van der Waals surface area (Å²) in [6.45, 7) is 3.73. The van der Waals surface area contributed by atoms with E-state index in [4.69, 9.17) is 9.47 Å². The first-order valence-corrected chi connectivity index (χ1v) is 7.77. The van der Waals surface area contributed by atoms with Crippen molar-refractivity contribution in [3.8, 4) is 11.5 Å². The Bertz CT molecular complexity index is 619. The Hall–Kier alpha value is -2.50. The van der Waals surface area contributed by atoms with Crippen molar-refractivity contribution >= 4 is 11.6 Å². The highest BCUT2D eigenvalue weighted by molar-refractivity contribution is 5.48. The maximum Gasteiger partial charge on any atom is 0.161 e. The highest BCUT2D eigenvalue weighted by Crippen LogP contribution is 2.27. The quantitative estimate of drug-likeness (QED) is 0.692. The molecule has 1 aromatic heterocycles. The smallest absolute Gasteiger partial charge is 0.161 e. The summed E-state index contributed by atoms with van der Waals surface area (Å²) in [5.41, 5.74) is 1.08. The van der Waals surface area contributed by atoms with Gasteiger partial charge in [0.25, 0.3) is 0 Å². The van der Waals surface area contributed by atoms with Crippen LogP contribution in [0.5, 0.6) is 11.5 Å². The number of unbranched alkanes of at least 4 members (excludes halogenated alkanes) is 1. The van der Waals surface area contributed by atoms with Crippen molar-refractivity contribution in [2.24, 2.45) is 0 Å². The zero-order chi connectivity index (χ0) is 16.5. The van der Waals surface area contributed by atoms with Gasteiger partial charge in [-0.2, -0.15) is 0 Å². The van der Waals surface area contributed by atoms with E-state index in [0.717, 1.165) is 48.1 Å². The van der Waals surface area contributed by atoms with E-state index in [1.165, 1.54) is 0 Å². The highest BCUT2D eigenvalue weighted by atomic mass is 16.5. The van der Waals surface area contributed by atoms with Gasteiger partial charge in [0.1, 0.15) is 18.0 Å². The molecule has 0 radical (unpaired) electrons. The van der Waals surface area contributed by atoms with Crippen LogP contribution in [0.3, 0.4) is 0 Å². The van der Waals surface area contributed by atoms with Crippen molar-refractivity contribution < 1.29 is 9.47 Å². The Kier molecular flexibility index (Phi) is 6.47. The average molecular weight is 316 g/mol. The number of methoxy groups -OCH3 is 2. The van der Waals surface area contributed by atoms with Gasteiger partial charge in [-0.05, 0) is 24.1 Å². The number of benzene rings is 1. The number of nitrogens with zero attached hydrogens (tertiary/aromatic N) is 2. The van der Waals surface area contributed by atoms with Crippen LogP contribution in [0.2, 0.25) is 0 Å². The molecule has 2 N–H and O–H groups in total. The minimum Gasteiger partial charge on any atom is -0.493 e. The summed E-state index contributed by atoms with van der Waals surface area (Å²) in [7, 11) is 3.26. The number of nitrogens with one attached hydrogen (secondary N) is 2. The lowest BCUT2D eigenvalue weighted by Crippen LogP contribution is -2.06. The molecule has 1 heterocycles. The molecule has 6 heteroatoms. The van der Waals surface area contributed by atoms with Gasteiger partial charge in [-0.1, -0.05) is 19.4 Å². The van der Waals surface area contributed by atoms with Crippen molar-refractivity contribution in [2.45, 2.75) is 26.3 Å². The molecule has 0 atom stereocenters. The standard InChI is InChI=1S/C17H24N4O2/c1-4-5-8-18-16-10-17(21-12-20-16)19-11-13-6-7-14(22-2)15(9-13)23-3/h6-7,9-10,12H,4-5,8,11H2,1-3H3,(H2,18,19,20,21). The molecule has 0 fully saturated rings. The van der Waals surface area contributed by atoms with E-state index in [1.807, 2.05) is 24.3 Å². The van der Waals surface area contributed by atoms with Gasteiger partial charge in [0.05, 0.1) is 14.2 Å².